The second kappa shape index (κ2) is 6.16. The molecule has 1 aromatic rings. The molecule has 1 heterocycles. The molecule has 1 N–H and O–H groups in total. The normalized spacial score (nSPS) is 24.6. The summed E-state index contributed by atoms with van der Waals surface area (Å²) in [5.41, 5.74) is 0. The van der Waals surface area contributed by atoms with E-state index >= 15 is 0 Å². The molecule has 0 aromatic carbocycles. The number of nitrogens with one attached hydrogen (secondary N) is 1. The maximum Gasteiger partial charge on any atom is 0.261 e. The molecule has 0 saturated heterocycles. The average molecular weight is 287 g/mol. The molecule has 0 spiro atoms. The van der Waals surface area contributed by atoms with Crippen LogP contribution in [0.5, 0.6) is 0 Å². The van der Waals surface area contributed by atoms with Gasteiger partial charge in [-0.15, -0.1) is 24.0 Å². The molecule has 5 heteroatoms. The van der Waals surface area contributed by atoms with Crippen LogP contribution in [-0.4, -0.2) is 23.5 Å². The highest BCUT2D eigenvalue weighted by Crippen LogP contribution is 2.27. The Bertz CT molecular complexity index is 383. The van der Waals surface area contributed by atoms with E-state index in [0.717, 1.165) is 27.9 Å². The molecule has 0 unspecified atom stereocenters. The van der Waals surface area contributed by atoms with Crippen LogP contribution in [0.25, 0.3) is 0 Å². The van der Waals surface area contributed by atoms with Gasteiger partial charge in [0.05, 0.1) is 4.88 Å². The molecule has 2 nitrogen and oxygen atoms in total. The van der Waals surface area contributed by atoms with Crippen molar-refractivity contribution in [3.05, 3.63) is 16.3 Å². The van der Waals surface area contributed by atoms with Gasteiger partial charge in [0.2, 0.25) is 0 Å². The number of hydrogen-bond donors (Lipinski definition) is 2. The average Bonchev–Trinajstić information content (AvgIpc) is 2.77. The van der Waals surface area contributed by atoms with Crippen molar-refractivity contribution in [3.63, 3.8) is 0 Å². The van der Waals surface area contributed by atoms with Crippen molar-refractivity contribution >= 4 is 41.6 Å². The van der Waals surface area contributed by atoms with E-state index < -0.39 is 0 Å². The maximum absolute atomic E-state index is 11.9. The van der Waals surface area contributed by atoms with E-state index in [2.05, 4.69) is 24.2 Å². The van der Waals surface area contributed by atoms with E-state index in [1.54, 1.807) is 0 Å². The van der Waals surface area contributed by atoms with Gasteiger partial charge >= 0.3 is 0 Å². The van der Waals surface area contributed by atoms with Gasteiger partial charge in [-0.3, -0.25) is 4.79 Å². The Morgan fingerprint density at radius 3 is 2.71 bits per heavy atom. The second-order valence-corrected chi connectivity index (χ2v) is 6.92. The summed E-state index contributed by atoms with van der Waals surface area (Å²) in [6, 6.07) is 2.19. The van der Waals surface area contributed by atoms with Gasteiger partial charge in [-0.1, -0.05) is 0 Å². The van der Waals surface area contributed by atoms with E-state index in [0.29, 0.717) is 6.04 Å². The van der Waals surface area contributed by atoms with Gasteiger partial charge in [0.25, 0.3) is 5.91 Å². The SMILES string of the molecule is CSC1CCC(NC(=O)c2cc(S)cs2)CC1. The third kappa shape index (κ3) is 3.66. The fourth-order valence-electron chi connectivity index (χ4n) is 2.14. The predicted octanol–water partition coefficient (Wildman–Crippen LogP) is 3.44. The molecule has 0 bridgehead atoms. The van der Waals surface area contributed by atoms with Gasteiger partial charge in [0, 0.05) is 21.6 Å². The minimum absolute atomic E-state index is 0.0582. The van der Waals surface area contributed by atoms with Crippen LogP contribution in [-0.2, 0) is 0 Å². The Morgan fingerprint density at radius 2 is 2.18 bits per heavy atom. The zero-order chi connectivity index (χ0) is 12.3. The lowest BCUT2D eigenvalue weighted by Crippen LogP contribution is -2.37. The minimum atomic E-state index is 0.0582. The summed E-state index contributed by atoms with van der Waals surface area (Å²) in [4.78, 5) is 13.6. The lowest BCUT2D eigenvalue weighted by Gasteiger charge is -2.27. The zero-order valence-corrected chi connectivity index (χ0v) is 12.3. The fourth-order valence-corrected chi connectivity index (χ4v) is 3.94. The Kier molecular flexibility index (Phi) is 4.82. The van der Waals surface area contributed by atoms with E-state index in [9.17, 15) is 4.79 Å². The molecule has 1 saturated carbocycles. The van der Waals surface area contributed by atoms with Crippen LogP contribution >= 0.6 is 35.7 Å². The minimum Gasteiger partial charge on any atom is -0.349 e. The van der Waals surface area contributed by atoms with Crippen molar-refractivity contribution < 1.29 is 4.79 Å². The van der Waals surface area contributed by atoms with E-state index in [1.807, 2.05) is 23.2 Å². The first-order valence-electron chi connectivity index (χ1n) is 5.80. The van der Waals surface area contributed by atoms with E-state index in [-0.39, 0.29) is 5.91 Å². The topological polar surface area (TPSA) is 29.1 Å². The zero-order valence-electron chi connectivity index (χ0n) is 9.81. The third-order valence-electron chi connectivity index (χ3n) is 3.15. The Morgan fingerprint density at radius 1 is 1.47 bits per heavy atom. The number of carbonyl (C=O) groups is 1. The number of thiophene rings is 1. The van der Waals surface area contributed by atoms with Crippen molar-refractivity contribution in [1.82, 2.24) is 5.32 Å². The molecular formula is C12H17NOS3. The largest absolute Gasteiger partial charge is 0.349 e. The fraction of sp³-hybridized carbons (Fsp3) is 0.583. The molecule has 1 aliphatic carbocycles. The van der Waals surface area contributed by atoms with Gasteiger partial charge in [0.15, 0.2) is 0 Å². The highest BCUT2D eigenvalue weighted by atomic mass is 32.2. The Labute approximate surface area is 116 Å². The van der Waals surface area contributed by atoms with Crippen LogP contribution in [0, 0.1) is 0 Å². The van der Waals surface area contributed by atoms with Crippen molar-refractivity contribution in [1.29, 1.82) is 0 Å². The molecule has 1 aliphatic rings. The summed E-state index contributed by atoms with van der Waals surface area (Å²) in [6.07, 6.45) is 6.82. The Balaban J connectivity index is 1.84. The van der Waals surface area contributed by atoms with Crippen LogP contribution < -0.4 is 5.32 Å². The van der Waals surface area contributed by atoms with E-state index in [4.69, 9.17) is 0 Å². The van der Waals surface area contributed by atoms with Gasteiger partial charge in [-0.05, 0) is 38.0 Å². The summed E-state index contributed by atoms with van der Waals surface area (Å²) in [6.45, 7) is 0. The van der Waals surface area contributed by atoms with Gasteiger partial charge in [0.1, 0.15) is 0 Å². The summed E-state index contributed by atoms with van der Waals surface area (Å²) in [7, 11) is 0. The molecule has 0 atom stereocenters. The lowest BCUT2D eigenvalue weighted by molar-refractivity contribution is 0.0932. The molecule has 0 aliphatic heterocycles. The van der Waals surface area contributed by atoms with Crippen molar-refractivity contribution in [2.24, 2.45) is 0 Å². The first-order valence-corrected chi connectivity index (χ1v) is 8.41. The molecule has 17 heavy (non-hydrogen) atoms. The number of thioether (sulfide) groups is 1. The molecule has 1 aromatic heterocycles. The quantitative estimate of drug-likeness (QED) is 0.834. The predicted molar refractivity (Wildman–Crippen MR) is 78.6 cm³/mol. The molecule has 94 valence electrons. The first-order chi connectivity index (χ1) is 8.19. The number of hydrogen-bond acceptors (Lipinski definition) is 4. The lowest BCUT2D eigenvalue weighted by atomic mass is 9.95. The summed E-state index contributed by atoms with van der Waals surface area (Å²) >= 11 is 7.62. The molecular weight excluding hydrogens is 270 g/mol. The van der Waals surface area contributed by atoms with Gasteiger partial charge in [-0.2, -0.15) is 11.8 Å². The molecule has 2 rings (SSSR count). The highest BCUT2D eigenvalue weighted by Gasteiger charge is 2.22. The Hall–Kier alpha value is -0.130. The molecule has 1 amide bonds. The third-order valence-corrected chi connectivity index (χ3v) is 5.65. The highest BCUT2D eigenvalue weighted by molar-refractivity contribution is 7.99. The maximum atomic E-state index is 11.9. The monoisotopic (exact) mass is 287 g/mol. The standard InChI is InChI=1S/C12H17NOS3/c1-16-10-4-2-8(3-5-10)13-12(14)11-6-9(15)7-17-11/h6-8,10,15H,2-5H2,1H3,(H,13,14). The number of carbonyl (C=O) groups excluding carboxylic acids is 1. The number of rotatable bonds is 3. The van der Waals surface area contributed by atoms with Crippen molar-refractivity contribution in [2.45, 2.75) is 41.9 Å². The molecule has 0 radical (unpaired) electrons. The van der Waals surface area contributed by atoms with Gasteiger partial charge in [-0.25, -0.2) is 0 Å². The van der Waals surface area contributed by atoms with Crippen LogP contribution in [0.3, 0.4) is 0 Å². The van der Waals surface area contributed by atoms with Crippen molar-refractivity contribution in [2.75, 3.05) is 6.26 Å². The number of thiol groups is 1. The smallest absolute Gasteiger partial charge is 0.261 e. The van der Waals surface area contributed by atoms with Crippen molar-refractivity contribution in [3.8, 4) is 0 Å². The summed E-state index contributed by atoms with van der Waals surface area (Å²) in [5.74, 6) is 0.0582. The van der Waals surface area contributed by atoms with E-state index in [1.165, 1.54) is 24.2 Å². The van der Waals surface area contributed by atoms with Gasteiger partial charge < -0.3 is 5.32 Å². The van der Waals surface area contributed by atoms with Crippen LogP contribution in [0.1, 0.15) is 35.4 Å². The second-order valence-electron chi connectivity index (χ2n) is 4.35. The molecule has 1 fully saturated rings. The number of amides is 1. The van der Waals surface area contributed by atoms with Crippen LogP contribution in [0.2, 0.25) is 0 Å². The first kappa shape index (κ1) is 13.3. The van der Waals surface area contributed by atoms with Crippen LogP contribution in [0.4, 0.5) is 0 Å². The van der Waals surface area contributed by atoms with Crippen LogP contribution in [0.15, 0.2) is 16.3 Å². The summed E-state index contributed by atoms with van der Waals surface area (Å²) < 4.78 is 0. The summed E-state index contributed by atoms with van der Waals surface area (Å²) in [5, 5.41) is 5.80.